The summed E-state index contributed by atoms with van der Waals surface area (Å²) < 4.78 is 23.9. The van der Waals surface area contributed by atoms with Crippen molar-refractivity contribution >= 4 is 0 Å². The van der Waals surface area contributed by atoms with Crippen LogP contribution in [0.15, 0.2) is 0 Å². The molecule has 0 amide bonds. The van der Waals surface area contributed by atoms with Crippen molar-refractivity contribution in [3.8, 4) is 0 Å². The maximum Gasteiger partial charge on any atom is 0.251 e. The summed E-state index contributed by atoms with van der Waals surface area (Å²) in [7, 11) is 0. The molecule has 0 aromatic rings. The minimum Gasteiger partial charge on any atom is -0.301 e. The van der Waals surface area contributed by atoms with E-state index in [0.717, 1.165) is 38.6 Å². The molecule has 1 aliphatic rings. The summed E-state index contributed by atoms with van der Waals surface area (Å²) in [5.74, 6) is 0.833. The zero-order chi connectivity index (χ0) is 12.6. The van der Waals surface area contributed by atoms with E-state index in [1.807, 2.05) is 4.90 Å². The maximum absolute atomic E-state index is 11.9. The molecule has 1 fully saturated rings. The number of alkyl halides is 2. The number of halogens is 2. The van der Waals surface area contributed by atoms with Gasteiger partial charge in [0.1, 0.15) is 0 Å². The molecule has 1 saturated heterocycles. The average molecular weight is 236 g/mol. The molecule has 2 nitrogen and oxygen atoms in total. The molecule has 0 atom stereocenters. The van der Waals surface area contributed by atoms with Gasteiger partial charge in [0.2, 0.25) is 0 Å². The van der Waals surface area contributed by atoms with Gasteiger partial charge in [-0.15, -0.1) is 0 Å². The molecule has 98 valence electrons. The Hall–Kier alpha value is -0.220. The van der Waals surface area contributed by atoms with Crippen LogP contribution < -0.4 is 0 Å². The van der Waals surface area contributed by atoms with Gasteiger partial charge >= 0.3 is 0 Å². The Balaban J connectivity index is 0.000000487. The van der Waals surface area contributed by atoms with Crippen LogP contribution >= 0.6 is 0 Å². The van der Waals surface area contributed by atoms with E-state index in [2.05, 4.69) is 32.6 Å². The Morgan fingerprint density at radius 1 is 0.938 bits per heavy atom. The van der Waals surface area contributed by atoms with Crippen molar-refractivity contribution < 1.29 is 8.78 Å². The van der Waals surface area contributed by atoms with Gasteiger partial charge < -0.3 is 4.90 Å². The Kier molecular flexibility index (Phi) is 8.76. The summed E-state index contributed by atoms with van der Waals surface area (Å²) in [5.41, 5.74) is 0. The molecule has 4 heteroatoms. The van der Waals surface area contributed by atoms with Crippen molar-refractivity contribution in [2.75, 3.05) is 39.3 Å². The van der Waals surface area contributed by atoms with Gasteiger partial charge in [0, 0.05) is 26.2 Å². The molecule has 0 bridgehead atoms. The van der Waals surface area contributed by atoms with E-state index >= 15 is 0 Å². The highest BCUT2D eigenvalue weighted by molar-refractivity contribution is 4.71. The van der Waals surface area contributed by atoms with Crippen LogP contribution in [-0.4, -0.2) is 55.5 Å². The summed E-state index contributed by atoms with van der Waals surface area (Å²) in [6, 6.07) is 0. The van der Waals surface area contributed by atoms with Crippen molar-refractivity contribution in [1.82, 2.24) is 9.80 Å². The molecule has 0 unspecified atom stereocenters. The second-order valence-corrected chi connectivity index (χ2v) is 4.86. The van der Waals surface area contributed by atoms with Crippen molar-refractivity contribution in [2.45, 2.75) is 34.1 Å². The van der Waals surface area contributed by atoms with E-state index in [1.54, 1.807) is 0 Å². The minimum atomic E-state index is -2.18. The van der Waals surface area contributed by atoms with Crippen LogP contribution in [0.25, 0.3) is 0 Å². The van der Waals surface area contributed by atoms with Gasteiger partial charge in [-0.05, 0) is 12.5 Å². The molecule has 1 rings (SSSR count). The van der Waals surface area contributed by atoms with Crippen LogP contribution in [0.2, 0.25) is 0 Å². The maximum atomic E-state index is 11.9. The molecule has 0 aromatic heterocycles. The first kappa shape index (κ1) is 15.8. The van der Waals surface area contributed by atoms with Crippen LogP contribution in [-0.2, 0) is 0 Å². The number of nitrogens with zero attached hydrogens (tertiary/aromatic N) is 2. The van der Waals surface area contributed by atoms with Crippen LogP contribution in [0.4, 0.5) is 8.78 Å². The molecule has 0 spiro atoms. The molecule has 1 heterocycles. The van der Waals surface area contributed by atoms with E-state index in [1.165, 1.54) is 0 Å². The average Bonchev–Trinajstić information content (AvgIpc) is 2.17. The van der Waals surface area contributed by atoms with Crippen LogP contribution in [0.3, 0.4) is 0 Å². The van der Waals surface area contributed by atoms with E-state index in [0.29, 0.717) is 0 Å². The SMILES string of the molecule is CC(C)C.CCN1CCN(CC(F)F)CC1. The lowest BCUT2D eigenvalue weighted by molar-refractivity contribution is 0.0577. The summed E-state index contributed by atoms with van der Waals surface area (Å²) in [6.45, 7) is 13.0. The first-order valence-corrected chi connectivity index (χ1v) is 6.18. The number of piperazine rings is 1. The molecule has 16 heavy (non-hydrogen) atoms. The quantitative estimate of drug-likeness (QED) is 0.743. The third-order valence-corrected chi connectivity index (χ3v) is 2.31. The van der Waals surface area contributed by atoms with Gasteiger partial charge in [-0.3, -0.25) is 4.90 Å². The number of hydrogen-bond acceptors (Lipinski definition) is 2. The number of likely N-dealkylation sites (N-methyl/N-ethyl adjacent to an activating group) is 1. The highest BCUT2D eigenvalue weighted by Gasteiger charge is 2.17. The molecule has 1 aliphatic heterocycles. The molecular weight excluding hydrogens is 210 g/mol. The molecular formula is C12H26F2N2. The lowest BCUT2D eigenvalue weighted by Crippen LogP contribution is -2.47. The van der Waals surface area contributed by atoms with Crippen molar-refractivity contribution in [1.29, 1.82) is 0 Å². The van der Waals surface area contributed by atoms with Crippen LogP contribution in [0.1, 0.15) is 27.7 Å². The van der Waals surface area contributed by atoms with Crippen LogP contribution in [0, 0.1) is 5.92 Å². The molecule has 0 aromatic carbocycles. The third-order valence-electron chi connectivity index (χ3n) is 2.31. The van der Waals surface area contributed by atoms with Gasteiger partial charge in [0.15, 0.2) is 0 Å². The third kappa shape index (κ3) is 9.04. The lowest BCUT2D eigenvalue weighted by atomic mass is 10.3. The summed E-state index contributed by atoms with van der Waals surface area (Å²) in [6.07, 6.45) is -2.18. The Morgan fingerprint density at radius 2 is 1.31 bits per heavy atom. The van der Waals surface area contributed by atoms with Crippen molar-refractivity contribution in [3.05, 3.63) is 0 Å². The first-order chi connectivity index (χ1) is 7.45. The minimum absolute atomic E-state index is 0.0580. The fraction of sp³-hybridized carbons (Fsp3) is 1.00. The largest absolute Gasteiger partial charge is 0.301 e. The van der Waals surface area contributed by atoms with Crippen LogP contribution in [0.5, 0.6) is 0 Å². The highest BCUT2D eigenvalue weighted by atomic mass is 19.3. The topological polar surface area (TPSA) is 6.48 Å². The van der Waals surface area contributed by atoms with Gasteiger partial charge in [-0.2, -0.15) is 0 Å². The predicted molar refractivity (Wildman–Crippen MR) is 65.1 cm³/mol. The number of hydrogen-bond donors (Lipinski definition) is 0. The molecule has 0 saturated carbocycles. The standard InChI is InChI=1S/C8H16F2N2.C4H10/c1-2-11-3-5-12(6-4-11)7-8(9)10;1-4(2)3/h8H,2-7H2,1H3;4H,1-3H3. The van der Waals surface area contributed by atoms with Crippen molar-refractivity contribution in [2.24, 2.45) is 5.92 Å². The van der Waals surface area contributed by atoms with E-state index in [9.17, 15) is 8.78 Å². The molecule has 0 radical (unpaired) electrons. The zero-order valence-corrected chi connectivity index (χ0v) is 11.0. The fourth-order valence-electron chi connectivity index (χ4n) is 1.48. The zero-order valence-electron chi connectivity index (χ0n) is 11.0. The Morgan fingerprint density at radius 3 is 1.62 bits per heavy atom. The second-order valence-electron chi connectivity index (χ2n) is 4.86. The Bertz CT molecular complexity index is 152. The second kappa shape index (κ2) is 8.88. The van der Waals surface area contributed by atoms with Gasteiger partial charge in [-0.1, -0.05) is 27.7 Å². The Labute approximate surface area is 98.6 Å². The summed E-state index contributed by atoms with van der Waals surface area (Å²) in [4.78, 5) is 4.11. The number of rotatable bonds is 3. The smallest absolute Gasteiger partial charge is 0.251 e. The monoisotopic (exact) mass is 236 g/mol. The first-order valence-electron chi connectivity index (χ1n) is 6.18. The molecule has 0 N–H and O–H groups in total. The lowest BCUT2D eigenvalue weighted by Gasteiger charge is -2.33. The summed E-state index contributed by atoms with van der Waals surface area (Å²) in [5, 5.41) is 0. The van der Waals surface area contributed by atoms with Gasteiger partial charge in [0.25, 0.3) is 6.43 Å². The fourth-order valence-corrected chi connectivity index (χ4v) is 1.48. The predicted octanol–water partition coefficient (Wildman–Crippen LogP) is 2.55. The van der Waals surface area contributed by atoms with E-state index < -0.39 is 6.43 Å². The van der Waals surface area contributed by atoms with E-state index in [4.69, 9.17) is 0 Å². The normalized spacial score (nSPS) is 18.8. The highest BCUT2D eigenvalue weighted by Crippen LogP contribution is 2.03. The summed E-state index contributed by atoms with van der Waals surface area (Å²) >= 11 is 0. The van der Waals surface area contributed by atoms with Crippen molar-refractivity contribution in [3.63, 3.8) is 0 Å². The van der Waals surface area contributed by atoms with Gasteiger partial charge in [-0.25, -0.2) is 8.78 Å². The van der Waals surface area contributed by atoms with Gasteiger partial charge in [0.05, 0.1) is 6.54 Å². The van der Waals surface area contributed by atoms with E-state index in [-0.39, 0.29) is 6.54 Å². The molecule has 0 aliphatic carbocycles.